The number of guanidine groups is 1. The molecule has 1 aromatic carbocycles. The molecule has 1 aliphatic heterocycles. The van der Waals surface area contributed by atoms with Crippen LogP contribution in [0.2, 0.25) is 0 Å². The molecule has 4 rings (SSSR count). The van der Waals surface area contributed by atoms with Gasteiger partial charge in [-0.25, -0.2) is 18.0 Å². The molecule has 0 spiro atoms. The second-order valence-electron chi connectivity index (χ2n) is 6.88. The van der Waals surface area contributed by atoms with E-state index >= 15 is 0 Å². The van der Waals surface area contributed by atoms with E-state index in [4.69, 9.17) is 10.2 Å². The fourth-order valence-electron chi connectivity index (χ4n) is 3.19. The van der Waals surface area contributed by atoms with Crippen LogP contribution in [0.3, 0.4) is 0 Å². The van der Waals surface area contributed by atoms with Gasteiger partial charge in [0.25, 0.3) is 0 Å². The van der Waals surface area contributed by atoms with Crippen molar-refractivity contribution < 1.29 is 17.4 Å². The summed E-state index contributed by atoms with van der Waals surface area (Å²) < 4.78 is 48.3. The van der Waals surface area contributed by atoms with Gasteiger partial charge in [0.1, 0.15) is 17.2 Å². The van der Waals surface area contributed by atoms with Gasteiger partial charge in [-0.3, -0.25) is 4.31 Å². The normalized spacial score (nSPS) is 24.6. The zero-order valence-electron chi connectivity index (χ0n) is 15.6. The van der Waals surface area contributed by atoms with Crippen LogP contribution in [0.15, 0.2) is 40.1 Å². The summed E-state index contributed by atoms with van der Waals surface area (Å²) in [6.45, 7) is 1.67. The molecule has 0 saturated heterocycles. The second-order valence-corrected chi connectivity index (χ2v) is 10.3. The highest BCUT2D eigenvalue weighted by Crippen LogP contribution is 2.42. The Hall–Kier alpha value is -2.79. The number of hydrogen-bond donors (Lipinski definition) is 1. The number of benzene rings is 1. The smallest absolute Gasteiger partial charge is 0.250 e. The van der Waals surface area contributed by atoms with Crippen molar-refractivity contribution in [3.05, 3.63) is 47.2 Å². The molecule has 0 aliphatic carbocycles. The molecule has 2 N–H and O–H groups in total. The summed E-state index contributed by atoms with van der Waals surface area (Å²) in [6.07, 6.45) is 1.10. The van der Waals surface area contributed by atoms with E-state index in [0.29, 0.717) is 10.4 Å². The van der Waals surface area contributed by atoms with Gasteiger partial charge >= 0.3 is 0 Å². The van der Waals surface area contributed by atoms with Crippen LogP contribution in [0.4, 0.5) is 8.78 Å². The predicted octanol–water partition coefficient (Wildman–Crippen LogP) is 2.85. The molecule has 29 heavy (non-hydrogen) atoms. The molecule has 3 aromatic rings. The lowest BCUT2D eigenvalue weighted by molar-refractivity contribution is 0.493. The van der Waals surface area contributed by atoms with Gasteiger partial charge in [0.15, 0.2) is 0 Å². The summed E-state index contributed by atoms with van der Waals surface area (Å²) >= 11 is 1.14. The monoisotopic (exact) mass is 437 g/mol. The summed E-state index contributed by atoms with van der Waals surface area (Å²) in [5.41, 5.74) is 5.46. The van der Waals surface area contributed by atoms with Crippen LogP contribution >= 0.6 is 11.3 Å². The number of nitrogens with zero attached hydrogens (tertiary/aromatic N) is 4. The van der Waals surface area contributed by atoms with Crippen LogP contribution in [0.1, 0.15) is 11.8 Å². The summed E-state index contributed by atoms with van der Waals surface area (Å²) in [7, 11) is -1.20. The van der Waals surface area contributed by atoms with Crippen LogP contribution in [0.25, 0.3) is 21.9 Å². The minimum absolute atomic E-state index is 0.0186. The lowest BCUT2D eigenvalue weighted by Crippen LogP contribution is -2.50. The molecule has 0 bridgehead atoms. The molecule has 1 unspecified atom stereocenters. The number of hydrogen-bond acceptors (Lipinski definition) is 7. The fourth-order valence-corrected chi connectivity index (χ4v) is 6.06. The number of halogens is 2. The summed E-state index contributed by atoms with van der Waals surface area (Å²) in [4.78, 5) is 5.20. The Morgan fingerprint density at radius 1 is 1.34 bits per heavy atom. The van der Waals surface area contributed by atoms with Gasteiger partial charge in [0.05, 0.1) is 25.9 Å². The summed E-state index contributed by atoms with van der Waals surface area (Å²) in [5.74, 6) is 2.77. The number of rotatable bonds is 3. The van der Waals surface area contributed by atoms with Crippen LogP contribution < -0.4 is 5.73 Å². The standard InChI is InChI=1S/C18H17F2N5O2S2/c1-18(8-29(3,26)25(2)17(21)23-18)15-13(20)7-14(28-15)10-4-5-12(19)11(6-10)16-24-22-9-27-16/h4-7,9H,3,8H2,1-2H3,(H2,21,23)/t18-,29?/m0/s1. The topological polar surface area (TPSA) is 97.6 Å². The largest absolute Gasteiger partial charge is 0.423 e. The minimum Gasteiger partial charge on any atom is -0.423 e. The molecule has 152 valence electrons. The lowest BCUT2D eigenvalue weighted by atomic mass is 10.0. The van der Waals surface area contributed by atoms with Crippen molar-refractivity contribution in [1.82, 2.24) is 14.5 Å². The Labute approximate surface area is 170 Å². The van der Waals surface area contributed by atoms with Gasteiger partial charge in [-0.1, -0.05) is 6.07 Å². The van der Waals surface area contributed by atoms with Gasteiger partial charge in [0, 0.05) is 11.9 Å². The zero-order chi connectivity index (χ0) is 21.0. The third kappa shape index (κ3) is 3.29. The quantitative estimate of drug-likeness (QED) is 0.636. The van der Waals surface area contributed by atoms with E-state index in [1.807, 2.05) is 0 Å². The van der Waals surface area contributed by atoms with Crippen LogP contribution in [0, 0.1) is 11.6 Å². The van der Waals surface area contributed by atoms with Crippen LogP contribution in [-0.2, 0) is 15.2 Å². The molecular weight excluding hydrogens is 420 g/mol. The number of thiophene rings is 1. The first-order valence-electron chi connectivity index (χ1n) is 8.41. The van der Waals surface area contributed by atoms with Gasteiger partial charge in [-0.05, 0) is 36.6 Å². The van der Waals surface area contributed by atoms with E-state index in [2.05, 4.69) is 21.1 Å². The Morgan fingerprint density at radius 2 is 2.10 bits per heavy atom. The molecule has 0 fully saturated rings. The average molecular weight is 437 g/mol. The first kappa shape index (κ1) is 19.5. The molecule has 1 aliphatic rings. The minimum atomic E-state index is -2.74. The lowest BCUT2D eigenvalue weighted by Gasteiger charge is -2.36. The van der Waals surface area contributed by atoms with E-state index in [0.717, 1.165) is 17.7 Å². The molecule has 0 radical (unpaired) electrons. The third-order valence-corrected chi connectivity index (χ3v) is 8.32. The molecule has 0 amide bonds. The first-order valence-corrected chi connectivity index (χ1v) is 11.1. The fraction of sp³-hybridized carbons (Fsp3) is 0.222. The molecule has 11 heteroatoms. The SMILES string of the molecule is C=S1(=O)C[C@@](C)(c2sc(-c3ccc(F)c(-c4nnco4)c3)cc2F)N=C(N)N1C. The number of nitrogens with two attached hydrogens (primary N) is 1. The van der Waals surface area contributed by atoms with Gasteiger partial charge in [-0.15, -0.1) is 21.5 Å². The van der Waals surface area contributed by atoms with E-state index in [1.54, 1.807) is 14.0 Å². The molecule has 2 atom stereocenters. The Balaban J connectivity index is 1.79. The second kappa shape index (κ2) is 6.63. The zero-order valence-corrected chi connectivity index (χ0v) is 17.2. The van der Waals surface area contributed by atoms with E-state index in [-0.39, 0.29) is 28.0 Å². The maximum atomic E-state index is 14.9. The average Bonchev–Trinajstić information content (AvgIpc) is 3.30. The van der Waals surface area contributed by atoms with E-state index in [9.17, 15) is 13.0 Å². The first-order chi connectivity index (χ1) is 13.6. The van der Waals surface area contributed by atoms with Crippen molar-refractivity contribution >= 4 is 32.9 Å². The van der Waals surface area contributed by atoms with E-state index in [1.165, 1.54) is 28.6 Å². The van der Waals surface area contributed by atoms with Crippen molar-refractivity contribution in [3.8, 4) is 21.9 Å². The van der Waals surface area contributed by atoms with Gasteiger partial charge < -0.3 is 10.2 Å². The third-order valence-electron chi connectivity index (χ3n) is 4.71. The number of aliphatic imine (C=N–C) groups is 1. The van der Waals surface area contributed by atoms with Gasteiger partial charge in [0.2, 0.25) is 18.2 Å². The number of aromatic nitrogens is 2. The maximum Gasteiger partial charge on any atom is 0.250 e. The molecule has 7 nitrogen and oxygen atoms in total. The Morgan fingerprint density at radius 3 is 2.76 bits per heavy atom. The molecule has 2 aromatic heterocycles. The maximum absolute atomic E-state index is 14.9. The molecule has 0 saturated carbocycles. The molecular formula is C18H17F2N5O2S2. The van der Waals surface area contributed by atoms with Crippen molar-refractivity contribution in [2.24, 2.45) is 10.7 Å². The Bertz CT molecular complexity index is 1220. The highest BCUT2D eigenvalue weighted by atomic mass is 32.2. The van der Waals surface area contributed by atoms with Crippen molar-refractivity contribution in [2.45, 2.75) is 12.5 Å². The summed E-state index contributed by atoms with van der Waals surface area (Å²) in [6, 6.07) is 5.63. The Kier molecular flexibility index (Phi) is 4.46. The van der Waals surface area contributed by atoms with Crippen molar-refractivity contribution in [2.75, 3.05) is 12.8 Å². The highest BCUT2D eigenvalue weighted by Gasteiger charge is 2.40. The predicted molar refractivity (Wildman–Crippen MR) is 110 cm³/mol. The van der Waals surface area contributed by atoms with E-state index < -0.39 is 26.9 Å². The van der Waals surface area contributed by atoms with Crippen molar-refractivity contribution in [3.63, 3.8) is 0 Å². The van der Waals surface area contributed by atoms with Crippen molar-refractivity contribution in [1.29, 1.82) is 0 Å². The highest BCUT2D eigenvalue weighted by molar-refractivity contribution is 7.98. The van der Waals surface area contributed by atoms with Crippen LogP contribution in [-0.4, -0.2) is 43.3 Å². The van der Waals surface area contributed by atoms with Crippen LogP contribution in [0.5, 0.6) is 0 Å². The van der Waals surface area contributed by atoms with Gasteiger partial charge in [-0.2, -0.15) is 0 Å². The molecule has 3 heterocycles. The summed E-state index contributed by atoms with van der Waals surface area (Å²) in [5, 5.41) is 7.27.